The van der Waals surface area contributed by atoms with Gasteiger partial charge in [0.1, 0.15) is 0 Å². The lowest BCUT2D eigenvalue weighted by Crippen LogP contribution is -2.19. The molecular formula is C14H30O9Si. The van der Waals surface area contributed by atoms with Gasteiger partial charge in [-0.3, -0.25) is 4.46 Å². The zero-order valence-electron chi connectivity index (χ0n) is 14.7. The molecule has 0 aliphatic rings. The molecule has 0 aromatic heterocycles. The van der Waals surface area contributed by atoms with Gasteiger partial charge in [-0.05, 0) is 0 Å². The van der Waals surface area contributed by atoms with Crippen LogP contribution in [0.15, 0.2) is 0 Å². The maximum Gasteiger partial charge on any atom is 0.767 e. The first-order valence-corrected chi connectivity index (χ1v) is 9.12. The van der Waals surface area contributed by atoms with E-state index < -0.39 is 9.17 Å². The van der Waals surface area contributed by atoms with E-state index in [0.29, 0.717) is 66.1 Å². The highest BCUT2D eigenvalue weighted by atomic mass is 28.3. The summed E-state index contributed by atoms with van der Waals surface area (Å²) in [6.07, 6.45) is 0. The molecule has 0 heterocycles. The van der Waals surface area contributed by atoms with E-state index in [4.69, 9.17) is 37.3 Å². The van der Waals surface area contributed by atoms with E-state index in [1.807, 2.05) is 0 Å². The van der Waals surface area contributed by atoms with Gasteiger partial charge in [0, 0.05) is 14.2 Å². The molecule has 0 radical (unpaired) electrons. The molecule has 24 heavy (non-hydrogen) atoms. The fourth-order valence-corrected chi connectivity index (χ4v) is 1.92. The fourth-order valence-electron chi connectivity index (χ4n) is 1.34. The predicted octanol–water partition coefficient (Wildman–Crippen LogP) is -0.206. The lowest BCUT2D eigenvalue weighted by Gasteiger charge is -2.08. The highest BCUT2D eigenvalue weighted by Gasteiger charge is 2.09. The van der Waals surface area contributed by atoms with Crippen LogP contribution in [0.4, 0.5) is 0 Å². The van der Waals surface area contributed by atoms with E-state index in [9.17, 15) is 4.46 Å². The first-order valence-electron chi connectivity index (χ1n) is 7.89. The first-order chi connectivity index (χ1) is 11.8. The van der Waals surface area contributed by atoms with Gasteiger partial charge < -0.3 is 37.3 Å². The maximum absolute atomic E-state index is 11.4. The van der Waals surface area contributed by atoms with E-state index in [1.165, 1.54) is 0 Å². The Morgan fingerprint density at radius 2 is 0.792 bits per heavy atom. The highest BCUT2D eigenvalue weighted by molar-refractivity contribution is 6.26. The molecule has 0 N–H and O–H groups in total. The molecule has 144 valence electrons. The van der Waals surface area contributed by atoms with E-state index in [1.54, 1.807) is 14.2 Å². The molecule has 0 unspecified atom stereocenters. The molecular weight excluding hydrogens is 340 g/mol. The van der Waals surface area contributed by atoms with Crippen LogP contribution in [-0.2, 0) is 41.7 Å². The van der Waals surface area contributed by atoms with Crippen LogP contribution in [0.3, 0.4) is 0 Å². The molecule has 0 atom stereocenters. The van der Waals surface area contributed by atoms with Gasteiger partial charge >= 0.3 is 9.17 Å². The van der Waals surface area contributed by atoms with E-state index in [0.717, 1.165) is 0 Å². The minimum Gasteiger partial charge on any atom is -0.494 e. The third-order valence-corrected chi connectivity index (χ3v) is 3.38. The van der Waals surface area contributed by atoms with Crippen LogP contribution < -0.4 is 0 Å². The molecule has 0 saturated carbocycles. The molecule has 0 aromatic carbocycles. The van der Waals surface area contributed by atoms with E-state index >= 15 is 0 Å². The predicted molar refractivity (Wildman–Crippen MR) is 85.4 cm³/mol. The monoisotopic (exact) mass is 370 g/mol. The zero-order chi connectivity index (χ0) is 17.7. The summed E-state index contributed by atoms with van der Waals surface area (Å²) in [7, 11) is 0.731. The normalized spacial score (nSPS) is 10.8. The summed E-state index contributed by atoms with van der Waals surface area (Å²) in [6.45, 7) is 5.19. The van der Waals surface area contributed by atoms with Crippen LogP contribution in [0.25, 0.3) is 0 Å². The second-order valence-electron chi connectivity index (χ2n) is 4.38. The molecule has 9 nitrogen and oxygen atoms in total. The maximum atomic E-state index is 11.4. The summed E-state index contributed by atoms with van der Waals surface area (Å²) >= 11 is 0. The van der Waals surface area contributed by atoms with Gasteiger partial charge in [0.15, 0.2) is 0 Å². The highest BCUT2D eigenvalue weighted by Crippen LogP contribution is 1.85. The number of ether oxygens (including phenoxy) is 6. The van der Waals surface area contributed by atoms with Gasteiger partial charge in [-0.2, -0.15) is 0 Å². The molecule has 0 fully saturated rings. The largest absolute Gasteiger partial charge is 0.767 e. The van der Waals surface area contributed by atoms with Crippen LogP contribution in [0, 0.1) is 0 Å². The van der Waals surface area contributed by atoms with Crippen LogP contribution in [0.5, 0.6) is 0 Å². The van der Waals surface area contributed by atoms with Crippen molar-refractivity contribution in [1.29, 1.82) is 0 Å². The third kappa shape index (κ3) is 19.4. The van der Waals surface area contributed by atoms with Crippen molar-refractivity contribution in [1.82, 2.24) is 0 Å². The molecule has 0 bridgehead atoms. The van der Waals surface area contributed by atoms with Gasteiger partial charge in [-0.15, -0.1) is 0 Å². The molecule has 0 spiro atoms. The smallest absolute Gasteiger partial charge is 0.494 e. The molecule has 0 rings (SSSR count). The molecule has 0 aromatic rings. The summed E-state index contributed by atoms with van der Waals surface area (Å²) in [6, 6.07) is 0. The van der Waals surface area contributed by atoms with E-state index in [2.05, 4.69) is 0 Å². The standard InChI is InChI=1S/C14H30O9Si/c1-16-3-5-18-7-9-20-11-13-22-24(15)23-14-12-21-10-8-19-6-4-17-2/h3-14H2,1-2H3. The summed E-state index contributed by atoms with van der Waals surface area (Å²) in [5, 5.41) is 0. The molecule has 0 saturated heterocycles. The number of methoxy groups -OCH3 is 2. The number of hydrogen-bond acceptors (Lipinski definition) is 9. The Bertz CT molecular complexity index is 245. The quantitative estimate of drug-likeness (QED) is 0.213. The SMILES string of the molecule is COCCOCCOCCO[Si](=O)OCCOCCOCCOC. The summed E-state index contributed by atoms with van der Waals surface area (Å²) < 4.78 is 52.0. The van der Waals surface area contributed by atoms with Crippen molar-refractivity contribution in [2.24, 2.45) is 0 Å². The second-order valence-corrected chi connectivity index (χ2v) is 5.46. The molecule has 10 heteroatoms. The van der Waals surface area contributed by atoms with Crippen molar-refractivity contribution in [2.75, 3.05) is 93.5 Å². The van der Waals surface area contributed by atoms with Crippen molar-refractivity contribution in [3.8, 4) is 0 Å². The summed E-state index contributed by atoms with van der Waals surface area (Å²) in [4.78, 5) is 0. The van der Waals surface area contributed by atoms with Crippen molar-refractivity contribution in [3.63, 3.8) is 0 Å². The molecule has 0 aliphatic heterocycles. The average molecular weight is 370 g/mol. The van der Waals surface area contributed by atoms with Crippen LogP contribution in [0.2, 0.25) is 0 Å². The first kappa shape index (κ1) is 23.4. The van der Waals surface area contributed by atoms with Crippen molar-refractivity contribution in [3.05, 3.63) is 0 Å². The van der Waals surface area contributed by atoms with Crippen LogP contribution >= 0.6 is 0 Å². The van der Waals surface area contributed by atoms with Crippen LogP contribution in [0.1, 0.15) is 0 Å². The van der Waals surface area contributed by atoms with Crippen molar-refractivity contribution in [2.45, 2.75) is 0 Å². The Morgan fingerprint density at radius 1 is 0.500 bits per heavy atom. The average Bonchev–Trinajstić information content (AvgIpc) is 2.59. The van der Waals surface area contributed by atoms with Gasteiger partial charge in [0.25, 0.3) is 0 Å². The Kier molecular flexibility index (Phi) is 19.9. The zero-order valence-corrected chi connectivity index (χ0v) is 15.7. The molecule has 0 aliphatic carbocycles. The van der Waals surface area contributed by atoms with Crippen LogP contribution in [-0.4, -0.2) is 103 Å². The molecule has 0 amide bonds. The van der Waals surface area contributed by atoms with Gasteiger partial charge in [0.2, 0.25) is 0 Å². The Morgan fingerprint density at radius 3 is 1.12 bits per heavy atom. The topological polar surface area (TPSA) is 90.9 Å². The lowest BCUT2D eigenvalue weighted by molar-refractivity contribution is 0.00795. The van der Waals surface area contributed by atoms with E-state index in [-0.39, 0.29) is 13.2 Å². The van der Waals surface area contributed by atoms with Crippen molar-refractivity contribution >= 4 is 9.17 Å². The number of hydrogen-bond donors (Lipinski definition) is 0. The Balaban J connectivity index is 3.13. The van der Waals surface area contributed by atoms with Gasteiger partial charge in [-0.1, -0.05) is 0 Å². The second kappa shape index (κ2) is 20.4. The summed E-state index contributed by atoms with van der Waals surface area (Å²) in [5.41, 5.74) is 0. The lowest BCUT2D eigenvalue weighted by atomic mass is 10.7. The third-order valence-electron chi connectivity index (χ3n) is 2.50. The fraction of sp³-hybridized carbons (Fsp3) is 1.00. The minimum atomic E-state index is -2.50. The number of rotatable bonds is 20. The summed E-state index contributed by atoms with van der Waals surface area (Å²) in [5.74, 6) is 0. The van der Waals surface area contributed by atoms with Gasteiger partial charge in [0.05, 0.1) is 79.3 Å². The minimum absolute atomic E-state index is 0.212. The Hall–Kier alpha value is -0.623. The van der Waals surface area contributed by atoms with Gasteiger partial charge in [-0.25, -0.2) is 0 Å². The Labute approximate surface area is 145 Å². The van der Waals surface area contributed by atoms with Crippen molar-refractivity contribution < 1.29 is 41.7 Å².